The van der Waals surface area contributed by atoms with Crippen LogP contribution >= 0.6 is 0 Å². The van der Waals surface area contributed by atoms with Gasteiger partial charge < -0.3 is 5.32 Å². The fourth-order valence-corrected chi connectivity index (χ4v) is 4.08. The molecule has 2 aliphatic rings. The molecule has 106 valence electrons. The lowest BCUT2D eigenvalue weighted by molar-refractivity contribution is 0.281. The molecule has 1 aliphatic heterocycles. The first-order chi connectivity index (χ1) is 8.63. The van der Waals surface area contributed by atoms with Crippen molar-refractivity contribution in [2.45, 2.75) is 45.1 Å². The highest BCUT2D eigenvalue weighted by Gasteiger charge is 2.38. The van der Waals surface area contributed by atoms with Crippen LogP contribution in [0.4, 0.5) is 0 Å². The van der Waals surface area contributed by atoms with Crippen LogP contribution in [0.1, 0.15) is 39.0 Å². The lowest BCUT2D eigenvalue weighted by Crippen LogP contribution is -2.46. The van der Waals surface area contributed by atoms with Gasteiger partial charge in [-0.25, -0.2) is 4.72 Å². The average Bonchev–Trinajstić information content (AvgIpc) is 3.19. The van der Waals surface area contributed by atoms with Crippen LogP contribution in [0.2, 0.25) is 0 Å². The molecule has 0 atom stereocenters. The molecular weight excluding hydrogens is 250 g/mol. The standard InChI is InChI=1S/C12H25N3O2S/c1-2-7-14-18(16,17)15(12-3-4-12)10-11-5-8-13-9-6-11/h11-14H,2-10H2,1H3. The van der Waals surface area contributed by atoms with E-state index in [9.17, 15) is 8.42 Å². The maximum Gasteiger partial charge on any atom is 0.279 e. The minimum Gasteiger partial charge on any atom is -0.317 e. The quantitative estimate of drug-likeness (QED) is 0.719. The zero-order valence-electron chi connectivity index (χ0n) is 11.2. The van der Waals surface area contributed by atoms with Crippen LogP contribution < -0.4 is 10.0 Å². The molecule has 1 aliphatic carbocycles. The number of nitrogens with one attached hydrogen (secondary N) is 2. The topological polar surface area (TPSA) is 61.4 Å². The molecule has 0 spiro atoms. The molecule has 0 aromatic rings. The minimum absolute atomic E-state index is 0.259. The van der Waals surface area contributed by atoms with E-state index in [0.29, 0.717) is 19.0 Å². The van der Waals surface area contributed by atoms with Crippen molar-refractivity contribution in [3.05, 3.63) is 0 Å². The van der Waals surface area contributed by atoms with Crippen LogP contribution in [-0.2, 0) is 10.2 Å². The van der Waals surface area contributed by atoms with Gasteiger partial charge in [0, 0.05) is 19.1 Å². The summed E-state index contributed by atoms with van der Waals surface area (Å²) in [6.07, 6.45) is 5.07. The molecule has 2 N–H and O–H groups in total. The van der Waals surface area contributed by atoms with Crippen molar-refractivity contribution in [1.29, 1.82) is 0 Å². The molecule has 0 amide bonds. The molecule has 1 saturated heterocycles. The Balaban J connectivity index is 1.94. The molecule has 1 saturated carbocycles. The molecule has 6 heteroatoms. The molecule has 0 radical (unpaired) electrons. The van der Waals surface area contributed by atoms with Gasteiger partial charge in [0.15, 0.2) is 0 Å². The summed E-state index contributed by atoms with van der Waals surface area (Å²) in [6.45, 7) is 5.26. The molecule has 18 heavy (non-hydrogen) atoms. The molecule has 2 fully saturated rings. The number of hydrogen-bond donors (Lipinski definition) is 2. The van der Waals surface area contributed by atoms with Gasteiger partial charge in [0.05, 0.1) is 0 Å². The summed E-state index contributed by atoms with van der Waals surface area (Å²) in [5.74, 6) is 0.519. The highest BCUT2D eigenvalue weighted by atomic mass is 32.2. The Morgan fingerprint density at radius 1 is 1.22 bits per heavy atom. The van der Waals surface area contributed by atoms with E-state index in [1.807, 2.05) is 6.92 Å². The third-order valence-electron chi connectivity index (χ3n) is 3.69. The highest BCUT2D eigenvalue weighted by molar-refractivity contribution is 7.87. The summed E-state index contributed by atoms with van der Waals surface area (Å²) in [7, 11) is -3.26. The Hall–Kier alpha value is -0.170. The van der Waals surface area contributed by atoms with Crippen LogP contribution in [0.3, 0.4) is 0 Å². The zero-order chi connectivity index (χ0) is 13.0. The van der Waals surface area contributed by atoms with Gasteiger partial charge in [-0.05, 0) is 51.1 Å². The molecular formula is C12H25N3O2S. The zero-order valence-corrected chi connectivity index (χ0v) is 12.0. The van der Waals surface area contributed by atoms with Gasteiger partial charge in [-0.2, -0.15) is 12.7 Å². The first kappa shape index (κ1) is 14.2. The van der Waals surface area contributed by atoms with Crippen LogP contribution in [0.15, 0.2) is 0 Å². The van der Waals surface area contributed by atoms with Gasteiger partial charge in [-0.1, -0.05) is 6.92 Å². The molecule has 1 heterocycles. The lowest BCUT2D eigenvalue weighted by atomic mass is 9.98. The minimum atomic E-state index is -3.26. The largest absolute Gasteiger partial charge is 0.317 e. The van der Waals surface area contributed by atoms with Crippen LogP contribution in [-0.4, -0.2) is 44.9 Å². The van der Waals surface area contributed by atoms with Crippen LogP contribution in [0.5, 0.6) is 0 Å². The van der Waals surface area contributed by atoms with Crippen molar-refractivity contribution >= 4 is 10.2 Å². The van der Waals surface area contributed by atoms with E-state index in [-0.39, 0.29) is 6.04 Å². The average molecular weight is 275 g/mol. The van der Waals surface area contributed by atoms with Crippen molar-refractivity contribution in [3.63, 3.8) is 0 Å². The van der Waals surface area contributed by atoms with E-state index in [2.05, 4.69) is 10.0 Å². The van der Waals surface area contributed by atoms with E-state index in [4.69, 9.17) is 0 Å². The normalized spacial score (nSPS) is 22.6. The number of rotatable bonds is 7. The predicted octanol–water partition coefficient (Wildman–Crippen LogP) is 0.695. The number of hydrogen-bond acceptors (Lipinski definition) is 3. The first-order valence-corrected chi connectivity index (χ1v) is 8.54. The third-order valence-corrected chi connectivity index (χ3v) is 5.33. The molecule has 0 aromatic heterocycles. The predicted molar refractivity (Wildman–Crippen MR) is 72.5 cm³/mol. The van der Waals surface area contributed by atoms with E-state index < -0.39 is 10.2 Å². The van der Waals surface area contributed by atoms with Gasteiger partial charge in [0.25, 0.3) is 10.2 Å². The van der Waals surface area contributed by atoms with Crippen LogP contribution in [0, 0.1) is 5.92 Å². The fourth-order valence-electron chi connectivity index (χ4n) is 2.44. The second kappa shape index (κ2) is 6.32. The molecule has 0 unspecified atom stereocenters. The van der Waals surface area contributed by atoms with Crippen molar-refractivity contribution in [1.82, 2.24) is 14.3 Å². The van der Waals surface area contributed by atoms with E-state index in [1.165, 1.54) is 0 Å². The number of piperidine rings is 1. The molecule has 0 aromatic carbocycles. The fraction of sp³-hybridized carbons (Fsp3) is 1.00. The van der Waals surface area contributed by atoms with Gasteiger partial charge in [0.2, 0.25) is 0 Å². The number of nitrogens with zero attached hydrogens (tertiary/aromatic N) is 1. The summed E-state index contributed by atoms with van der Waals surface area (Å²) in [5.41, 5.74) is 0. The lowest BCUT2D eigenvalue weighted by Gasteiger charge is -2.29. The third kappa shape index (κ3) is 3.91. The van der Waals surface area contributed by atoms with Gasteiger partial charge >= 0.3 is 0 Å². The van der Waals surface area contributed by atoms with E-state index in [1.54, 1.807) is 4.31 Å². The highest BCUT2D eigenvalue weighted by Crippen LogP contribution is 2.30. The Morgan fingerprint density at radius 3 is 2.44 bits per heavy atom. The van der Waals surface area contributed by atoms with Crippen molar-refractivity contribution in [2.75, 3.05) is 26.2 Å². The maximum atomic E-state index is 12.2. The molecule has 0 bridgehead atoms. The molecule has 5 nitrogen and oxygen atoms in total. The van der Waals surface area contributed by atoms with Crippen molar-refractivity contribution in [3.8, 4) is 0 Å². The Bertz CT molecular complexity index is 348. The summed E-state index contributed by atoms with van der Waals surface area (Å²) in [6, 6.07) is 0.259. The SMILES string of the molecule is CCCNS(=O)(=O)N(CC1CCNCC1)C1CC1. The summed E-state index contributed by atoms with van der Waals surface area (Å²) in [5, 5.41) is 3.32. The second-order valence-electron chi connectivity index (χ2n) is 5.39. The summed E-state index contributed by atoms with van der Waals surface area (Å²) >= 11 is 0. The van der Waals surface area contributed by atoms with Gasteiger partial charge in [-0.15, -0.1) is 0 Å². The van der Waals surface area contributed by atoms with Crippen LogP contribution in [0.25, 0.3) is 0 Å². The van der Waals surface area contributed by atoms with E-state index in [0.717, 1.165) is 45.2 Å². The Kier molecular flexibility index (Phi) is 5.00. The van der Waals surface area contributed by atoms with Crippen molar-refractivity contribution in [2.24, 2.45) is 5.92 Å². The smallest absolute Gasteiger partial charge is 0.279 e. The first-order valence-electron chi connectivity index (χ1n) is 7.10. The Morgan fingerprint density at radius 2 is 1.89 bits per heavy atom. The van der Waals surface area contributed by atoms with Crippen molar-refractivity contribution < 1.29 is 8.42 Å². The summed E-state index contributed by atoms with van der Waals surface area (Å²) in [4.78, 5) is 0. The maximum absolute atomic E-state index is 12.2. The molecule has 2 rings (SSSR count). The summed E-state index contributed by atoms with van der Waals surface area (Å²) < 4.78 is 28.9. The monoisotopic (exact) mass is 275 g/mol. The van der Waals surface area contributed by atoms with Gasteiger partial charge in [0.1, 0.15) is 0 Å². The Labute approximate surface area is 110 Å². The van der Waals surface area contributed by atoms with Gasteiger partial charge in [-0.3, -0.25) is 0 Å². The van der Waals surface area contributed by atoms with E-state index >= 15 is 0 Å². The second-order valence-corrected chi connectivity index (χ2v) is 7.10.